The minimum absolute atomic E-state index is 0.0685. The van der Waals surface area contributed by atoms with Crippen molar-refractivity contribution in [2.45, 2.75) is 20.3 Å². The number of nitrogens with zero attached hydrogens (tertiary/aromatic N) is 2. The van der Waals surface area contributed by atoms with Gasteiger partial charge < -0.3 is 9.72 Å². The van der Waals surface area contributed by atoms with Crippen LogP contribution in [0.4, 0.5) is 0 Å². The molecule has 0 unspecified atom stereocenters. The third-order valence-electron chi connectivity index (χ3n) is 4.04. The molecule has 28 heavy (non-hydrogen) atoms. The summed E-state index contributed by atoms with van der Waals surface area (Å²) in [4.78, 5) is 33.1. The molecule has 2 aromatic heterocycles. The summed E-state index contributed by atoms with van der Waals surface area (Å²) >= 11 is 1.45. The van der Waals surface area contributed by atoms with Gasteiger partial charge in [0.1, 0.15) is 23.0 Å². The lowest BCUT2D eigenvalue weighted by molar-refractivity contribution is -0.120. The highest BCUT2D eigenvalue weighted by molar-refractivity contribution is 7.18. The number of nitrogens with one attached hydrogen (secondary N) is 2. The summed E-state index contributed by atoms with van der Waals surface area (Å²) in [5.74, 6) is 0.626. The van der Waals surface area contributed by atoms with Crippen molar-refractivity contribution in [2.24, 2.45) is 5.10 Å². The number of aryl methyl sites for hydroxylation is 2. The average molecular weight is 396 g/mol. The van der Waals surface area contributed by atoms with Crippen LogP contribution in [0.25, 0.3) is 10.2 Å². The minimum Gasteiger partial charge on any atom is -0.490 e. The molecule has 3 rings (SSSR count). The van der Waals surface area contributed by atoms with Crippen LogP contribution in [0.2, 0.25) is 0 Å². The molecule has 0 aliphatic carbocycles. The Morgan fingerprint density at radius 1 is 1.43 bits per heavy atom. The lowest BCUT2D eigenvalue weighted by Crippen LogP contribution is -2.23. The fourth-order valence-corrected chi connectivity index (χ4v) is 3.64. The molecule has 0 radical (unpaired) electrons. The van der Waals surface area contributed by atoms with Crippen molar-refractivity contribution in [1.29, 1.82) is 0 Å². The van der Waals surface area contributed by atoms with Gasteiger partial charge in [0, 0.05) is 4.88 Å². The molecule has 1 aromatic carbocycles. The van der Waals surface area contributed by atoms with E-state index in [4.69, 9.17) is 4.74 Å². The van der Waals surface area contributed by atoms with Crippen molar-refractivity contribution in [3.63, 3.8) is 0 Å². The summed E-state index contributed by atoms with van der Waals surface area (Å²) in [6.07, 6.45) is 3.11. The van der Waals surface area contributed by atoms with Gasteiger partial charge in [0.25, 0.3) is 5.56 Å². The SMILES string of the molecule is C=CCOc1cccc(/C=N\NC(=O)Cc2nc3sc(C)c(C)c3c(=O)[nH]2)c1. The molecule has 3 aromatic rings. The Labute approximate surface area is 165 Å². The van der Waals surface area contributed by atoms with Gasteiger partial charge in [0.2, 0.25) is 5.91 Å². The van der Waals surface area contributed by atoms with Crippen molar-refractivity contribution >= 4 is 33.7 Å². The highest BCUT2D eigenvalue weighted by atomic mass is 32.1. The second kappa shape index (κ2) is 8.62. The standard InChI is InChI=1S/C20H20N4O3S/c1-4-8-27-15-7-5-6-14(9-15)11-21-24-17(25)10-16-22-19(26)18-12(2)13(3)28-20(18)23-16/h4-7,9,11H,1,8,10H2,2-3H3,(H,24,25)(H,22,23,26)/b21-11-. The molecule has 144 valence electrons. The maximum atomic E-state index is 12.3. The smallest absolute Gasteiger partial charge is 0.259 e. The largest absolute Gasteiger partial charge is 0.490 e. The normalized spacial score (nSPS) is 11.1. The monoisotopic (exact) mass is 396 g/mol. The Bertz CT molecular complexity index is 1110. The number of rotatable bonds is 7. The van der Waals surface area contributed by atoms with Crippen LogP contribution in [-0.2, 0) is 11.2 Å². The molecular weight excluding hydrogens is 376 g/mol. The van der Waals surface area contributed by atoms with Crippen molar-refractivity contribution in [3.8, 4) is 5.75 Å². The quantitative estimate of drug-likeness (QED) is 0.365. The molecule has 0 spiro atoms. The lowest BCUT2D eigenvalue weighted by Gasteiger charge is -2.03. The van der Waals surface area contributed by atoms with Crippen LogP contribution in [-0.4, -0.2) is 28.7 Å². The van der Waals surface area contributed by atoms with Crippen LogP contribution < -0.4 is 15.7 Å². The number of hydrazone groups is 1. The number of aromatic nitrogens is 2. The second-order valence-corrected chi connectivity index (χ2v) is 7.32. The Morgan fingerprint density at radius 3 is 3.04 bits per heavy atom. The van der Waals surface area contributed by atoms with Crippen LogP contribution in [0.15, 0.2) is 46.8 Å². The van der Waals surface area contributed by atoms with Crippen molar-refractivity contribution in [2.75, 3.05) is 6.61 Å². The van der Waals surface area contributed by atoms with Crippen LogP contribution >= 0.6 is 11.3 Å². The molecule has 0 fully saturated rings. The van der Waals surface area contributed by atoms with Gasteiger partial charge in [-0.1, -0.05) is 24.8 Å². The predicted molar refractivity (Wildman–Crippen MR) is 111 cm³/mol. The number of carbonyl (C=O) groups excluding carboxylic acids is 1. The second-order valence-electron chi connectivity index (χ2n) is 6.12. The van der Waals surface area contributed by atoms with Gasteiger partial charge in [0.05, 0.1) is 18.0 Å². The van der Waals surface area contributed by atoms with Gasteiger partial charge >= 0.3 is 0 Å². The van der Waals surface area contributed by atoms with E-state index in [1.54, 1.807) is 12.1 Å². The first-order chi connectivity index (χ1) is 13.5. The summed E-state index contributed by atoms with van der Waals surface area (Å²) < 4.78 is 5.45. The number of aromatic amines is 1. The maximum absolute atomic E-state index is 12.3. The van der Waals surface area contributed by atoms with E-state index >= 15 is 0 Å². The summed E-state index contributed by atoms with van der Waals surface area (Å²) in [6, 6.07) is 7.29. The molecule has 8 heteroatoms. The molecule has 7 nitrogen and oxygen atoms in total. The molecule has 2 N–H and O–H groups in total. The first-order valence-corrected chi connectivity index (χ1v) is 9.44. The molecule has 0 atom stereocenters. The molecular formula is C20H20N4O3S. The summed E-state index contributed by atoms with van der Waals surface area (Å²) in [5, 5.41) is 4.53. The Morgan fingerprint density at radius 2 is 2.25 bits per heavy atom. The number of hydrogen-bond acceptors (Lipinski definition) is 6. The van der Waals surface area contributed by atoms with E-state index in [-0.39, 0.29) is 17.9 Å². The zero-order chi connectivity index (χ0) is 20.1. The van der Waals surface area contributed by atoms with E-state index in [0.29, 0.717) is 28.4 Å². The number of ether oxygens (including phenoxy) is 1. The highest BCUT2D eigenvalue weighted by Crippen LogP contribution is 2.25. The van der Waals surface area contributed by atoms with E-state index in [1.807, 2.05) is 32.0 Å². The Hall–Kier alpha value is -3.26. The number of fused-ring (bicyclic) bond motifs is 1. The Kier molecular flexibility index (Phi) is 6.00. The number of hydrogen-bond donors (Lipinski definition) is 2. The molecule has 2 heterocycles. The first-order valence-electron chi connectivity index (χ1n) is 8.62. The predicted octanol–water partition coefficient (Wildman–Crippen LogP) is 2.86. The summed E-state index contributed by atoms with van der Waals surface area (Å²) in [6.45, 7) is 7.85. The fourth-order valence-electron chi connectivity index (χ4n) is 2.59. The molecule has 0 aliphatic heterocycles. The van der Waals surface area contributed by atoms with Gasteiger partial charge in [-0.15, -0.1) is 11.3 Å². The molecule has 0 aliphatic rings. The number of H-pyrrole nitrogens is 1. The van der Waals surface area contributed by atoms with E-state index < -0.39 is 0 Å². The van der Waals surface area contributed by atoms with Crippen LogP contribution in [0.1, 0.15) is 21.8 Å². The van der Waals surface area contributed by atoms with E-state index in [0.717, 1.165) is 16.0 Å². The lowest BCUT2D eigenvalue weighted by atomic mass is 10.2. The van der Waals surface area contributed by atoms with Gasteiger partial charge in [-0.05, 0) is 37.1 Å². The number of carbonyl (C=O) groups is 1. The van der Waals surface area contributed by atoms with Crippen molar-refractivity contribution < 1.29 is 9.53 Å². The minimum atomic E-state index is -0.372. The van der Waals surface area contributed by atoms with Gasteiger partial charge in [-0.3, -0.25) is 9.59 Å². The zero-order valence-electron chi connectivity index (χ0n) is 15.6. The highest BCUT2D eigenvalue weighted by Gasteiger charge is 2.13. The van der Waals surface area contributed by atoms with Crippen LogP contribution in [0.3, 0.4) is 0 Å². The number of thiophene rings is 1. The topological polar surface area (TPSA) is 96.4 Å². The molecule has 0 saturated heterocycles. The number of amides is 1. The van der Waals surface area contributed by atoms with Crippen LogP contribution in [0, 0.1) is 13.8 Å². The summed E-state index contributed by atoms with van der Waals surface area (Å²) in [7, 11) is 0. The van der Waals surface area contributed by atoms with Crippen molar-refractivity contribution in [1.82, 2.24) is 15.4 Å². The van der Waals surface area contributed by atoms with Gasteiger partial charge in [-0.25, -0.2) is 10.4 Å². The maximum Gasteiger partial charge on any atom is 0.259 e. The van der Waals surface area contributed by atoms with E-state index in [1.165, 1.54) is 17.6 Å². The third kappa shape index (κ3) is 4.52. The molecule has 0 saturated carbocycles. The Balaban J connectivity index is 1.64. The van der Waals surface area contributed by atoms with Gasteiger partial charge in [-0.2, -0.15) is 5.10 Å². The summed E-state index contributed by atoms with van der Waals surface area (Å²) in [5.41, 5.74) is 3.92. The van der Waals surface area contributed by atoms with Crippen LogP contribution in [0.5, 0.6) is 5.75 Å². The van der Waals surface area contributed by atoms with Gasteiger partial charge in [0.15, 0.2) is 0 Å². The van der Waals surface area contributed by atoms with E-state index in [9.17, 15) is 9.59 Å². The third-order valence-corrected chi connectivity index (χ3v) is 5.15. The fraction of sp³-hybridized carbons (Fsp3) is 0.200. The zero-order valence-corrected chi connectivity index (χ0v) is 16.4. The molecule has 0 bridgehead atoms. The number of benzene rings is 1. The van der Waals surface area contributed by atoms with E-state index in [2.05, 4.69) is 27.1 Å². The first kappa shape index (κ1) is 19.5. The average Bonchev–Trinajstić information content (AvgIpc) is 2.94. The van der Waals surface area contributed by atoms with Crippen molar-refractivity contribution in [3.05, 3.63) is 69.1 Å². The molecule has 1 amide bonds.